The van der Waals surface area contributed by atoms with E-state index in [-0.39, 0.29) is 10.8 Å². The van der Waals surface area contributed by atoms with E-state index in [1.165, 1.54) is 0 Å². The minimum atomic E-state index is -5.82. The van der Waals surface area contributed by atoms with Crippen LogP contribution in [0, 0.1) is 87.3 Å². The van der Waals surface area contributed by atoms with Gasteiger partial charge in [-0.05, 0) is 16.4 Å². The van der Waals surface area contributed by atoms with Gasteiger partial charge in [0.05, 0.1) is 6.20 Å². The van der Waals surface area contributed by atoms with Gasteiger partial charge in [-0.2, -0.15) is 0 Å². The van der Waals surface area contributed by atoms with Crippen LogP contribution < -0.4 is 21.0 Å². The molecule has 0 unspecified atom stereocenters. The van der Waals surface area contributed by atoms with Crippen LogP contribution in [0.25, 0.3) is 0 Å². The number of nitrogens with one attached hydrogen (secondary N) is 1. The molecule has 0 radical (unpaired) electrons. The minimum Gasteiger partial charge on any atom is -0.321 e. The highest BCUT2D eigenvalue weighted by molar-refractivity contribution is 7.05. The van der Waals surface area contributed by atoms with Gasteiger partial charge in [-0.25, -0.2) is 71.0 Å². The summed E-state index contributed by atoms with van der Waals surface area (Å²) in [4.78, 5) is 0. The maximum absolute atomic E-state index is 15.2. The predicted molar refractivity (Wildman–Crippen MR) is 99.7 cm³/mol. The van der Waals surface area contributed by atoms with Crippen molar-refractivity contribution in [2.24, 2.45) is 0 Å². The molecule has 1 heterocycles. The van der Waals surface area contributed by atoms with Crippen molar-refractivity contribution in [3.63, 3.8) is 0 Å². The van der Waals surface area contributed by atoms with Crippen molar-refractivity contribution in [1.82, 2.24) is 5.10 Å². The van der Waals surface area contributed by atoms with E-state index >= 15 is 26.3 Å². The van der Waals surface area contributed by atoms with E-state index in [0.29, 0.717) is 12.3 Å². The van der Waals surface area contributed by atoms with Gasteiger partial charge in [-0.3, -0.25) is 0 Å². The number of halogens is 15. The van der Waals surface area contributed by atoms with E-state index < -0.39 is 110 Å². The second-order valence-corrected chi connectivity index (χ2v) is 7.82. The average Bonchev–Trinajstić information content (AvgIpc) is 3.46. The third-order valence-electron chi connectivity index (χ3n) is 5.97. The van der Waals surface area contributed by atoms with Crippen LogP contribution in [0.3, 0.4) is 0 Å². The summed E-state index contributed by atoms with van der Waals surface area (Å²) in [6, 6.07) is 0.640. The number of rotatable bonds is 4. The first-order valence-electron chi connectivity index (χ1n) is 9.90. The van der Waals surface area contributed by atoms with E-state index in [1.54, 1.807) is 5.10 Å². The molecule has 0 aliphatic carbocycles. The van der Waals surface area contributed by atoms with Gasteiger partial charge in [0.15, 0.2) is 52.4 Å². The molecule has 39 heavy (non-hydrogen) atoms. The number of H-pyrrole nitrogens is 1. The maximum atomic E-state index is 15.2. The molecular weight excluding hydrogens is 576 g/mol. The van der Waals surface area contributed by atoms with Crippen LogP contribution in [0.1, 0.15) is 0 Å². The first-order chi connectivity index (χ1) is 18.1. The molecule has 4 aromatic rings. The van der Waals surface area contributed by atoms with Crippen LogP contribution in [-0.4, -0.2) is 11.4 Å². The van der Waals surface area contributed by atoms with Gasteiger partial charge in [-0.15, -0.1) is 0 Å². The van der Waals surface area contributed by atoms with Gasteiger partial charge in [0.1, 0.15) is 41.1 Å². The van der Waals surface area contributed by atoms with E-state index in [1.807, 2.05) is 0 Å². The zero-order valence-electron chi connectivity index (χ0n) is 17.9. The molecule has 2 nitrogen and oxygen atoms in total. The highest BCUT2D eigenvalue weighted by Gasteiger charge is 2.57. The molecule has 206 valence electrons. The Bertz CT molecular complexity index is 1410. The highest BCUT2D eigenvalue weighted by Crippen LogP contribution is 2.26. The molecule has 0 saturated carbocycles. The normalized spacial score (nSPS) is 12.0. The summed E-state index contributed by atoms with van der Waals surface area (Å²) in [5.41, 5.74) is -8.19. The number of aromatic nitrogens is 2. The zero-order chi connectivity index (χ0) is 29.3. The van der Waals surface area contributed by atoms with E-state index in [2.05, 4.69) is 0 Å². The second-order valence-electron chi connectivity index (χ2n) is 7.82. The molecule has 0 aliphatic heterocycles. The summed E-state index contributed by atoms with van der Waals surface area (Å²) < 4.78 is 218. The van der Waals surface area contributed by atoms with Gasteiger partial charge in [-0.1, -0.05) is 0 Å². The number of hydrogen-bond acceptors (Lipinski definition) is 0. The van der Waals surface area contributed by atoms with Crippen LogP contribution in [-0.2, 0) is 0 Å². The summed E-state index contributed by atoms with van der Waals surface area (Å²) in [6.07, 6.45) is -4.99. The van der Waals surface area contributed by atoms with Crippen LogP contribution in [0.4, 0.5) is 65.9 Å². The SMILES string of the molecule is Fc1c(F)c(F)c([B-](c2c(F)c(F)c(F)c(F)c2F)(c2c(F)c(F)c(F)c(F)c2F)[n+]2ccc[nH]2)c(F)c1F. The molecule has 0 fully saturated rings. The topological polar surface area (TPSA) is 19.7 Å². The van der Waals surface area contributed by atoms with Crippen LogP contribution in [0.2, 0.25) is 0 Å². The summed E-state index contributed by atoms with van der Waals surface area (Å²) in [5, 5.41) is 1.73. The minimum absolute atomic E-state index is 0.258. The summed E-state index contributed by atoms with van der Waals surface area (Å²) in [7, 11) is 0. The fourth-order valence-electron chi connectivity index (χ4n) is 4.37. The summed E-state index contributed by atoms with van der Waals surface area (Å²) in [6.45, 7) is 0. The van der Waals surface area contributed by atoms with Gasteiger partial charge < -0.3 is 4.59 Å². The Hall–Kier alpha value is -4.12. The van der Waals surface area contributed by atoms with E-state index in [9.17, 15) is 39.5 Å². The quantitative estimate of drug-likeness (QED) is 0.164. The zero-order valence-corrected chi connectivity index (χ0v) is 17.9. The largest absolute Gasteiger partial charge is 0.400 e. The Kier molecular flexibility index (Phi) is 6.63. The van der Waals surface area contributed by atoms with Gasteiger partial charge in [0, 0.05) is 6.07 Å². The molecule has 4 rings (SSSR count). The first kappa shape index (κ1) is 27.9. The monoisotopic (exact) mass is 580 g/mol. The van der Waals surface area contributed by atoms with Crippen molar-refractivity contribution in [3.05, 3.63) is 106 Å². The van der Waals surface area contributed by atoms with Gasteiger partial charge in [0.25, 0.3) is 0 Å². The average molecular weight is 580 g/mol. The van der Waals surface area contributed by atoms with E-state index in [4.69, 9.17) is 0 Å². The third kappa shape index (κ3) is 3.52. The molecule has 0 saturated heterocycles. The van der Waals surface area contributed by atoms with Gasteiger partial charge >= 0.3 is 6.28 Å². The van der Waals surface area contributed by atoms with Gasteiger partial charge in [0.2, 0.25) is 0 Å². The maximum Gasteiger partial charge on any atom is 0.400 e. The molecule has 18 heteroatoms. The molecule has 1 N–H and O–H groups in total. The lowest BCUT2D eigenvalue weighted by Crippen LogP contribution is -2.89. The first-order valence-corrected chi connectivity index (χ1v) is 9.90. The van der Waals surface area contributed by atoms with Crippen LogP contribution in [0.5, 0.6) is 0 Å². The fourth-order valence-corrected chi connectivity index (χ4v) is 4.37. The Morgan fingerprint density at radius 3 is 0.821 bits per heavy atom. The molecule has 1 aromatic heterocycles. The van der Waals surface area contributed by atoms with Crippen molar-refractivity contribution in [2.75, 3.05) is 0 Å². The van der Waals surface area contributed by atoms with Crippen LogP contribution >= 0.6 is 0 Å². The van der Waals surface area contributed by atoms with Crippen molar-refractivity contribution >= 4 is 22.7 Å². The standard InChI is InChI=1S/C21H4BF15N2/c23-7-4(8(24)14(30)19(35)13(7)29)22(39-3-1-2-38-39,5-9(25)15(31)20(36)16(32)10(5)26)6-11(27)17(33)21(37)18(34)12(6)28/h1-3,38H. The molecule has 0 spiro atoms. The molecule has 0 atom stereocenters. The lowest BCUT2D eigenvalue weighted by Gasteiger charge is -2.36. The molecular formula is C21H4BF15N2. The summed E-state index contributed by atoms with van der Waals surface area (Å²) >= 11 is 0. The molecule has 3 aromatic carbocycles. The molecule has 0 amide bonds. The van der Waals surface area contributed by atoms with Crippen molar-refractivity contribution in [1.29, 1.82) is 0 Å². The number of aromatic amines is 1. The summed E-state index contributed by atoms with van der Waals surface area (Å²) in [5.74, 6) is -45.8. The number of benzene rings is 3. The second kappa shape index (κ2) is 9.27. The Morgan fingerprint density at radius 1 is 0.385 bits per heavy atom. The predicted octanol–water partition coefficient (Wildman–Crippen LogP) is 3.90. The highest BCUT2D eigenvalue weighted by atomic mass is 19.2. The molecule has 0 bridgehead atoms. The number of nitrogens with zero attached hydrogens (tertiary/aromatic N) is 1. The molecule has 0 aliphatic rings. The van der Waals surface area contributed by atoms with Crippen molar-refractivity contribution in [3.8, 4) is 0 Å². The van der Waals surface area contributed by atoms with Crippen LogP contribution in [0.15, 0.2) is 18.5 Å². The Labute approximate surface area is 204 Å². The van der Waals surface area contributed by atoms with E-state index in [0.717, 1.165) is 0 Å². The Morgan fingerprint density at radius 2 is 0.615 bits per heavy atom. The van der Waals surface area contributed by atoms with Crippen molar-refractivity contribution in [2.45, 2.75) is 0 Å². The number of hydrogen-bond donors (Lipinski definition) is 1. The fraction of sp³-hybridized carbons (Fsp3) is 0. The lowest BCUT2D eigenvalue weighted by atomic mass is 9.23. The smallest absolute Gasteiger partial charge is 0.321 e. The van der Waals surface area contributed by atoms with Crippen molar-refractivity contribution < 1.29 is 70.4 Å². The lowest BCUT2D eigenvalue weighted by molar-refractivity contribution is -0.602. The third-order valence-corrected chi connectivity index (χ3v) is 5.97. The Balaban J connectivity index is 2.53.